The van der Waals surface area contributed by atoms with Gasteiger partial charge in [0.2, 0.25) is 11.8 Å². The predicted octanol–water partition coefficient (Wildman–Crippen LogP) is 1.32. The zero-order valence-corrected chi connectivity index (χ0v) is 14.4. The van der Waals surface area contributed by atoms with E-state index in [1.54, 1.807) is 7.11 Å². The van der Waals surface area contributed by atoms with Gasteiger partial charge >= 0.3 is 0 Å². The van der Waals surface area contributed by atoms with E-state index in [0.29, 0.717) is 25.1 Å². The molecule has 3 N–H and O–H groups in total. The Morgan fingerprint density at radius 3 is 2.46 bits per heavy atom. The van der Waals surface area contributed by atoms with Crippen LogP contribution >= 0.6 is 12.4 Å². The zero-order chi connectivity index (χ0) is 16.7. The molecule has 0 aromatic heterocycles. The van der Waals surface area contributed by atoms with Crippen LogP contribution in [-0.2, 0) is 14.3 Å². The van der Waals surface area contributed by atoms with Gasteiger partial charge in [-0.15, -0.1) is 12.4 Å². The summed E-state index contributed by atoms with van der Waals surface area (Å²) in [5, 5.41) is 8.49. The Balaban J connectivity index is 0.00000288. The molecule has 24 heavy (non-hydrogen) atoms. The second-order valence-electron chi connectivity index (χ2n) is 5.70. The summed E-state index contributed by atoms with van der Waals surface area (Å²) < 4.78 is 18.0. The van der Waals surface area contributed by atoms with Crippen LogP contribution in [-0.4, -0.2) is 45.2 Å². The number of halogens is 2. The molecule has 0 saturated carbocycles. The third-order valence-corrected chi connectivity index (χ3v) is 4.00. The summed E-state index contributed by atoms with van der Waals surface area (Å²) in [4.78, 5) is 24.3. The highest BCUT2D eigenvalue weighted by Gasteiger charge is 2.39. The first kappa shape index (κ1) is 20.3. The molecule has 0 unspecified atom stereocenters. The van der Waals surface area contributed by atoms with Crippen molar-refractivity contribution < 1.29 is 18.7 Å². The van der Waals surface area contributed by atoms with Gasteiger partial charge in [-0.05, 0) is 50.2 Å². The summed E-state index contributed by atoms with van der Waals surface area (Å²) in [6.07, 6.45) is 1.35. The van der Waals surface area contributed by atoms with Crippen molar-refractivity contribution in [3.8, 4) is 0 Å². The van der Waals surface area contributed by atoms with Crippen LogP contribution in [0.5, 0.6) is 0 Å². The average molecular weight is 360 g/mol. The largest absolute Gasteiger partial charge is 0.384 e. The first-order valence-corrected chi connectivity index (χ1v) is 7.59. The van der Waals surface area contributed by atoms with Crippen molar-refractivity contribution in [3.05, 3.63) is 30.1 Å². The van der Waals surface area contributed by atoms with E-state index in [2.05, 4.69) is 16.0 Å². The number of rotatable bonds is 6. The van der Waals surface area contributed by atoms with E-state index in [1.807, 2.05) is 0 Å². The predicted molar refractivity (Wildman–Crippen MR) is 91.7 cm³/mol. The third kappa shape index (κ3) is 5.43. The number of methoxy groups -OCH3 is 1. The Labute approximate surface area is 146 Å². The van der Waals surface area contributed by atoms with Gasteiger partial charge in [0.25, 0.3) is 0 Å². The number of carbonyl (C=O) groups excluding carboxylic acids is 2. The molecule has 1 saturated heterocycles. The molecule has 1 aliphatic heterocycles. The van der Waals surface area contributed by atoms with Gasteiger partial charge in [-0.3, -0.25) is 9.59 Å². The Hall–Kier alpha value is -1.70. The van der Waals surface area contributed by atoms with Crippen molar-refractivity contribution in [1.29, 1.82) is 0 Å². The maximum atomic E-state index is 12.8. The molecule has 1 aliphatic rings. The van der Waals surface area contributed by atoms with Gasteiger partial charge in [-0.1, -0.05) is 0 Å². The minimum Gasteiger partial charge on any atom is -0.384 e. The minimum absolute atomic E-state index is 0. The van der Waals surface area contributed by atoms with Crippen LogP contribution in [0.2, 0.25) is 0 Å². The van der Waals surface area contributed by atoms with Crippen molar-refractivity contribution in [2.45, 2.75) is 12.8 Å². The van der Waals surface area contributed by atoms with Gasteiger partial charge < -0.3 is 20.7 Å². The molecule has 2 amide bonds. The molecule has 0 spiro atoms. The van der Waals surface area contributed by atoms with Crippen molar-refractivity contribution >= 4 is 29.9 Å². The number of amides is 2. The Morgan fingerprint density at radius 2 is 1.88 bits per heavy atom. The highest BCUT2D eigenvalue weighted by molar-refractivity contribution is 5.95. The maximum absolute atomic E-state index is 12.8. The van der Waals surface area contributed by atoms with Crippen LogP contribution in [0, 0.1) is 11.2 Å². The van der Waals surface area contributed by atoms with Crippen molar-refractivity contribution in [2.24, 2.45) is 5.41 Å². The fraction of sp³-hybridized carbons (Fsp3) is 0.500. The lowest BCUT2D eigenvalue weighted by Crippen LogP contribution is -2.51. The first-order valence-electron chi connectivity index (χ1n) is 7.59. The summed E-state index contributed by atoms with van der Waals surface area (Å²) in [5.74, 6) is -0.898. The average Bonchev–Trinajstić information content (AvgIpc) is 2.56. The number of piperidine rings is 1. The van der Waals surface area contributed by atoms with Gasteiger partial charge in [-0.2, -0.15) is 0 Å². The normalized spacial score (nSPS) is 15.9. The molecule has 1 aromatic rings. The zero-order valence-electron chi connectivity index (χ0n) is 13.6. The molecule has 1 aromatic carbocycles. The van der Waals surface area contributed by atoms with Crippen molar-refractivity contribution in [3.63, 3.8) is 0 Å². The number of hydrogen-bond donors (Lipinski definition) is 3. The second kappa shape index (κ2) is 9.56. The number of anilines is 1. The van der Waals surface area contributed by atoms with Gasteiger partial charge in [0, 0.05) is 12.8 Å². The Morgan fingerprint density at radius 1 is 1.25 bits per heavy atom. The number of ether oxygens (including phenoxy) is 1. The van der Waals surface area contributed by atoms with Gasteiger partial charge in [0.15, 0.2) is 0 Å². The molecule has 1 heterocycles. The Kier molecular flexibility index (Phi) is 8.10. The highest BCUT2D eigenvalue weighted by atomic mass is 35.5. The number of carbonyl (C=O) groups is 2. The van der Waals surface area contributed by atoms with E-state index in [1.165, 1.54) is 24.3 Å². The lowest BCUT2D eigenvalue weighted by Gasteiger charge is -2.35. The molecule has 8 heteroatoms. The second-order valence-corrected chi connectivity index (χ2v) is 5.70. The molecule has 6 nitrogen and oxygen atoms in total. The van der Waals surface area contributed by atoms with E-state index in [9.17, 15) is 14.0 Å². The first-order chi connectivity index (χ1) is 11.1. The topological polar surface area (TPSA) is 79.5 Å². The molecule has 134 valence electrons. The molecule has 0 aliphatic carbocycles. The van der Waals surface area contributed by atoms with E-state index in [4.69, 9.17) is 4.74 Å². The van der Waals surface area contributed by atoms with Crippen LogP contribution in [0.4, 0.5) is 10.1 Å². The van der Waals surface area contributed by atoms with E-state index in [0.717, 1.165) is 13.1 Å². The lowest BCUT2D eigenvalue weighted by molar-refractivity contribution is -0.137. The molecule has 0 radical (unpaired) electrons. The fourth-order valence-corrected chi connectivity index (χ4v) is 2.71. The highest BCUT2D eigenvalue weighted by Crippen LogP contribution is 2.29. The minimum atomic E-state index is -0.587. The summed E-state index contributed by atoms with van der Waals surface area (Å²) >= 11 is 0. The molecular weight excluding hydrogens is 337 g/mol. The molecule has 1 fully saturated rings. The van der Waals surface area contributed by atoms with Gasteiger partial charge in [-0.25, -0.2) is 4.39 Å². The standard InChI is InChI=1S/C16H22FN3O3.ClH/c1-23-11-16(6-8-18-9-7-16)15(22)19-10-14(21)20-13-4-2-12(17)3-5-13;/h2-5,18H,6-11H2,1H3,(H,19,22)(H,20,21);1H. The number of nitrogens with one attached hydrogen (secondary N) is 3. The molecule has 0 bridgehead atoms. The Bertz CT molecular complexity index is 542. The van der Waals surface area contributed by atoms with Crippen LogP contribution in [0.3, 0.4) is 0 Å². The summed E-state index contributed by atoms with van der Waals surface area (Å²) in [5.41, 5.74) is -0.102. The van der Waals surface area contributed by atoms with E-state index in [-0.39, 0.29) is 36.6 Å². The molecule has 2 rings (SSSR count). The lowest BCUT2D eigenvalue weighted by atomic mass is 9.78. The monoisotopic (exact) mass is 359 g/mol. The summed E-state index contributed by atoms with van der Waals surface area (Å²) in [7, 11) is 1.57. The van der Waals surface area contributed by atoms with Crippen LogP contribution in [0.15, 0.2) is 24.3 Å². The number of benzene rings is 1. The van der Waals surface area contributed by atoms with Gasteiger partial charge in [0.05, 0.1) is 18.6 Å². The van der Waals surface area contributed by atoms with Crippen molar-refractivity contribution in [1.82, 2.24) is 10.6 Å². The number of hydrogen-bond acceptors (Lipinski definition) is 4. The van der Waals surface area contributed by atoms with E-state index < -0.39 is 5.41 Å². The van der Waals surface area contributed by atoms with Crippen molar-refractivity contribution in [2.75, 3.05) is 38.7 Å². The fourth-order valence-electron chi connectivity index (χ4n) is 2.71. The SMILES string of the molecule is COCC1(C(=O)NCC(=O)Nc2ccc(F)cc2)CCNCC1.Cl. The van der Waals surface area contributed by atoms with E-state index >= 15 is 0 Å². The quantitative estimate of drug-likeness (QED) is 0.715. The molecule has 0 atom stereocenters. The third-order valence-electron chi connectivity index (χ3n) is 4.00. The summed E-state index contributed by atoms with van der Waals surface area (Å²) in [6, 6.07) is 5.45. The van der Waals surface area contributed by atoms with Crippen LogP contribution < -0.4 is 16.0 Å². The summed E-state index contributed by atoms with van der Waals surface area (Å²) in [6.45, 7) is 1.70. The maximum Gasteiger partial charge on any atom is 0.243 e. The smallest absolute Gasteiger partial charge is 0.243 e. The molecular formula is C16H23ClFN3O3. The van der Waals surface area contributed by atoms with Crippen LogP contribution in [0.1, 0.15) is 12.8 Å². The van der Waals surface area contributed by atoms with Crippen LogP contribution in [0.25, 0.3) is 0 Å². The van der Waals surface area contributed by atoms with Gasteiger partial charge in [0.1, 0.15) is 5.82 Å².